The van der Waals surface area contributed by atoms with Crippen molar-refractivity contribution in [3.05, 3.63) is 0 Å². The van der Waals surface area contributed by atoms with E-state index in [0.29, 0.717) is 12.4 Å². The van der Waals surface area contributed by atoms with Crippen LogP contribution in [0.1, 0.15) is 26.2 Å². The maximum absolute atomic E-state index is 11.6. The largest absolute Gasteiger partial charge is 0.297 e. The number of hydrogen-bond donors (Lipinski definition) is 1. The number of carbonyl (C=O) groups is 1. The molecule has 5 nitrogen and oxygen atoms in total. The molecule has 0 saturated carbocycles. The Labute approximate surface area is 88.4 Å². The van der Waals surface area contributed by atoms with E-state index in [0.717, 1.165) is 24.4 Å². The third-order valence-corrected chi connectivity index (χ3v) is 2.77. The minimum absolute atomic E-state index is 0.181. The number of nitrogens with zero attached hydrogens (tertiary/aromatic N) is 3. The number of hydrogen-bond acceptors (Lipinski definition) is 5. The Kier molecular flexibility index (Phi) is 4.37. The maximum Gasteiger partial charge on any atom is 0.297 e. The van der Waals surface area contributed by atoms with E-state index in [4.69, 9.17) is 5.84 Å². The van der Waals surface area contributed by atoms with Gasteiger partial charge in [-0.05, 0) is 19.1 Å². The van der Waals surface area contributed by atoms with Crippen molar-refractivity contribution in [2.24, 2.45) is 10.8 Å². The van der Waals surface area contributed by atoms with Gasteiger partial charge in [0.15, 0.2) is 0 Å². The molecule has 1 amide bonds. The Morgan fingerprint density at radius 3 is 2.93 bits per heavy atom. The first kappa shape index (κ1) is 11.5. The van der Waals surface area contributed by atoms with Crippen LogP contribution >= 0.6 is 11.9 Å². The molecule has 1 aliphatic rings. The maximum atomic E-state index is 11.6. The fourth-order valence-electron chi connectivity index (χ4n) is 1.19. The van der Waals surface area contributed by atoms with Crippen molar-refractivity contribution >= 4 is 23.6 Å². The molecule has 1 heterocycles. The van der Waals surface area contributed by atoms with Crippen LogP contribution < -0.4 is 5.84 Å². The highest BCUT2D eigenvalue weighted by molar-refractivity contribution is 7.96. The summed E-state index contributed by atoms with van der Waals surface area (Å²) < 4.78 is 1.62. The van der Waals surface area contributed by atoms with Gasteiger partial charge in [0.25, 0.3) is 5.91 Å². The lowest BCUT2D eigenvalue weighted by atomic mass is 10.1. The lowest BCUT2D eigenvalue weighted by Gasteiger charge is -2.31. The molecule has 0 aliphatic carbocycles. The standard InChI is InChI=1S/C8H16N4OS/c1-3-4-5-7-8(13)12(9)11(14-2)6-10-7/h3-6,9H2,1-2H3. The molecule has 1 aliphatic heterocycles. The summed E-state index contributed by atoms with van der Waals surface area (Å²) in [7, 11) is 0. The molecule has 0 spiro atoms. The molecule has 80 valence electrons. The van der Waals surface area contributed by atoms with E-state index < -0.39 is 0 Å². The van der Waals surface area contributed by atoms with Gasteiger partial charge in [-0.1, -0.05) is 25.3 Å². The Balaban J connectivity index is 2.61. The van der Waals surface area contributed by atoms with Crippen molar-refractivity contribution in [2.45, 2.75) is 26.2 Å². The minimum Gasteiger partial charge on any atom is -0.265 e. The molecule has 0 aromatic carbocycles. The van der Waals surface area contributed by atoms with Crippen LogP contribution in [0.5, 0.6) is 0 Å². The zero-order valence-electron chi connectivity index (χ0n) is 8.56. The van der Waals surface area contributed by atoms with Crippen LogP contribution in [-0.4, -0.2) is 34.1 Å². The van der Waals surface area contributed by atoms with Gasteiger partial charge in [0.05, 0.1) is 0 Å². The van der Waals surface area contributed by atoms with E-state index in [-0.39, 0.29) is 5.91 Å². The normalized spacial score (nSPS) is 18.6. The zero-order valence-corrected chi connectivity index (χ0v) is 9.38. The van der Waals surface area contributed by atoms with Crippen molar-refractivity contribution in [3.63, 3.8) is 0 Å². The van der Waals surface area contributed by atoms with Gasteiger partial charge in [-0.25, -0.2) is 5.84 Å². The Hall–Kier alpha value is -0.590. The van der Waals surface area contributed by atoms with Crippen molar-refractivity contribution in [2.75, 3.05) is 12.9 Å². The second-order valence-electron chi connectivity index (χ2n) is 3.03. The molecule has 0 radical (unpaired) electrons. The van der Waals surface area contributed by atoms with Crippen molar-refractivity contribution < 1.29 is 4.79 Å². The number of aliphatic imine (C=N–C) groups is 1. The van der Waals surface area contributed by atoms with E-state index in [9.17, 15) is 4.79 Å². The number of unbranched alkanes of at least 4 members (excludes halogenated alkanes) is 1. The predicted molar refractivity (Wildman–Crippen MR) is 58.2 cm³/mol. The fourth-order valence-corrected chi connectivity index (χ4v) is 1.61. The van der Waals surface area contributed by atoms with Gasteiger partial charge in [0.2, 0.25) is 0 Å². The quantitative estimate of drug-likeness (QED) is 0.428. The topological polar surface area (TPSA) is 61.9 Å². The fraction of sp³-hybridized carbons (Fsp3) is 0.750. The number of rotatable bonds is 4. The van der Waals surface area contributed by atoms with Crippen molar-refractivity contribution in [1.82, 2.24) is 9.53 Å². The molecule has 0 saturated heterocycles. The number of nitrogens with two attached hydrogens (primary N) is 1. The summed E-state index contributed by atoms with van der Waals surface area (Å²) in [6.45, 7) is 2.55. The van der Waals surface area contributed by atoms with Crippen LogP contribution in [0.25, 0.3) is 0 Å². The highest BCUT2D eigenvalue weighted by atomic mass is 32.2. The van der Waals surface area contributed by atoms with Gasteiger partial charge < -0.3 is 0 Å². The molecule has 0 fully saturated rings. The van der Waals surface area contributed by atoms with Gasteiger partial charge in [-0.2, -0.15) is 5.12 Å². The molecule has 0 atom stereocenters. The van der Waals surface area contributed by atoms with Crippen LogP contribution in [0.4, 0.5) is 0 Å². The average molecular weight is 216 g/mol. The molecule has 1 rings (SSSR count). The first-order valence-electron chi connectivity index (χ1n) is 4.64. The highest BCUT2D eigenvalue weighted by Gasteiger charge is 2.26. The number of carbonyl (C=O) groups excluding carboxylic acids is 1. The molecule has 0 unspecified atom stereocenters. The molecule has 0 aromatic heterocycles. The first-order chi connectivity index (χ1) is 6.70. The van der Waals surface area contributed by atoms with E-state index >= 15 is 0 Å². The van der Waals surface area contributed by atoms with Crippen LogP contribution in [0.2, 0.25) is 0 Å². The van der Waals surface area contributed by atoms with Crippen molar-refractivity contribution in [1.29, 1.82) is 0 Å². The second-order valence-corrected chi connectivity index (χ2v) is 3.82. The third kappa shape index (κ3) is 2.46. The summed E-state index contributed by atoms with van der Waals surface area (Å²) in [5.41, 5.74) is 0.597. The highest BCUT2D eigenvalue weighted by Crippen LogP contribution is 2.13. The van der Waals surface area contributed by atoms with Gasteiger partial charge in [0, 0.05) is 0 Å². The molecule has 14 heavy (non-hydrogen) atoms. The van der Waals surface area contributed by atoms with E-state index in [2.05, 4.69) is 11.9 Å². The average Bonchev–Trinajstić information content (AvgIpc) is 2.20. The van der Waals surface area contributed by atoms with E-state index in [1.54, 1.807) is 4.41 Å². The SMILES string of the molecule is CCCCC1=NCN(SC)N(N)C1=O. The smallest absolute Gasteiger partial charge is 0.265 e. The van der Waals surface area contributed by atoms with Crippen LogP contribution in [0, 0.1) is 0 Å². The Bertz CT molecular complexity index is 243. The molecule has 0 aromatic rings. The summed E-state index contributed by atoms with van der Waals surface area (Å²) in [6.07, 6.45) is 4.63. The van der Waals surface area contributed by atoms with Crippen LogP contribution in [-0.2, 0) is 4.79 Å². The predicted octanol–water partition coefficient (Wildman–Crippen LogP) is 0.786. The van der Waals surface area contributed by atoms with Crippen molar-refractivity contribution in [3.8, 4) is 0 Å². The van der Waals surface area contributed by atoms with Gasteiger partial charge >= 0.3 is 0 Å². The molecule has 0 bridgehead atoms. The summed E-state index contributed by atoms with van der Waals surface area (Å²) in [5, 5.41) is 1.14. The second kappa shape index (κ2) is 5.33. The number of amides is 1. The van der Waals surface area contributed by atoms with Crippen LogP contribution in [0.15, 0.2) is 4.99 Å². The first-order valence-corrected chi connectivity index (χ1v) is 5.83. The van der Waals surface area contributed by atoms with Gasteiger partial charge in [-0.15, -0.1) is 4.41 Å². The summed E-state index contributed by atoms with van der Waals surface area (Å²) in [4.78, 5) is 15.8. The zero-order chi connectivity index (χ0) is 10.6. The van der Waals surface area contributed by atoms with Gasteiger partial charge in [0.1, 0.15) is 12.4 Å². The summed E-state index contributed by atoms with van der Waals surface area (Å²) in [6, 6.07) is 0. The van der Waals surface area contributed by atoms with Gasteiger partial charge in [-0.3, -0.25) is 9.79 Å². The number of hydrazine groups is 2. The molecular formula is C8H16N4OS. The Morgan fingerprint density at radius 1 is 1.64 bits per heavy atom. The van der Waals surface area contributed by atoms with E-state index in [1.807, 2.05) is 6.26 Å². The molecule has 6 heteroatoms. The summed E-state index contributed by atoms with van der Waals surface area (Å²) in [5.74, 6) is 5.42. The third-order valence-electron chi connectivity index (χ3n) is 2.06. The summed E-state index contributed by atoms with van der Waals surface area (Å²) >= 11 is 1.39. The molecule has 2 N–H and O–H groups in total. The minimum atomic E-state index is -0.181. The van der Waals surface area contributed by atoms with E-state index in [1.165, 1.54) is 11.9 Å². The van der Waals surface area contributed by atoms with Crippen LogP contribution in [0.3, 0.4) is 0 Å². The monoisotopic (exact) mass is 216 g/mol. The lowest BCUT2D eigenvalue weighted by molar-refractivity contribution is -0.134. The lowest BCUT2D eigenvalue weighted by Crippen LogP contribution is -2.53. The molecular weight excluding hydrogens is 200 g/mol. The Morgan fingerprint density at radius 2 is 2.36 bits per heavy atom.